The molecule has 1 aromatic heterocycles. The summed E-state index contributed by atoms with van der Waals surface area (Å²) in [5, 5.41) is 0.783. The lowest BCUT2D eigenvalue weighted by atomic mass is 10.1. The summed E-state index contributed by atoms with van der Waals surface area (Å²) in [5.41, 5.74) is 6.47. The number of rotatable bonds is 6. The van der Waals surface area contributed by atoms with Gasteiger partial charge in [0.15, 0.2) is 5.13 Å². The fraction of sp³-hybridized carbons (Fsp3) is 0.391. The van der Waals surface area contributed by atoms with Crippen LogP contribution in [-0.4, -0.2) is 43.0 Å². The second-order valence-electron chi connectivity index (χ2n) is 7.76. The fourth-order valence-electron chi connectivity index (χ4n) is 3.19. The first-order valence-corrected chi connectivity index (χ1v) is 10.5. The minimum absolute atomic E-state index is 0. The van der Waals surface area contributed by atoms with Crippen molar-refractivity contribution in [3.8, 4) is 0 Å². The third-order valence-electron chi connectivity index (χ3n) is 5.29. The van der Waals surface area contributed by atoms with Crippen molar-refractivity contribution < 1.29 is 4.79 Å². The largest absolute Gasteiger partial charge is 0.309 e. The highest BCUT2D eigenvalue weighted by Gasteiger charge is 2.22. The minimum atomic E-state index is 0. The van der Waals surface area contributed by atoms with Crippen molar-refractivity contribution in [3.05, 3.63) is 58.1 Å². The molecule has 3 rings (SSSR count). The lowest BCUT2D eigenvalue weighted by molar-refractivity contribution is 0.0986. The lowest BCUT2D eigenvalue weighted by Crippen LogP contribution is -2.33. The third-order valence-corrected chi connectivity index (χ3v) is 6.33. The molecule has 4 nitrogen and oxygen atoms in total. The van der Waals surface area contributed by atoms with Crippen LogP contribution in [0.4, 0.5) is 5.13 Å². The summed E-state index contributed by atoms with van der Waals surface area (Å²) in [6.07, 6.45) is 0.900. The smallest absolute Gasteiger partial charge is 0.260 e. The second kappa shape index (κ2) is 9.70. The van der Waals surface area contributed by atoms with Gasteiger partial charge in [-0.05, 0) is 95.2 Å². The summed E-state index contributed by atoms with van der Waals surface area (Å²) in [6, 6.07) is 10.2. The highest BCUT2D eigenvalue weighted by molar-refractivity contribution is 7.22. The lowest BCUT2D eigenvalue weighted by Gasteiger charge is -2.21. The number of hydrogen-bond donors (Lipinski definition) is 0. The molecule has 6 heteroatoms. The number of anilines is 1. The van der Waals surface area contributed by atoms with Crippen molar-refractivity contribution in [3.63, 3.8) is 0 Å². The van der Waals surface area contributed by atoms with Gasteiger partial charge in [-0.3, -0.25) is 9.69 Å². The Morgan fingerprint density at radius 1 is 0.966 bits per heavy atom. The highest BCUT2D eigenvalue weighted by Crippen LogP contribution is 2.32. The van der Waals surface area contributed by atoms with Gasteiger partial charge in [0.05, 0.1) is 10.2 Å². The minimum Gasteiger partial charge on any atom is -0.309 e. The van der Waals surface area contributed by atoms with Crippen LogP contribution in [0, 0.1) is 27.7 Å². The summed E-state index contributed by atoms with van der Waals surface area (Å²) in [5.74, 6) is 0.0234. The number of carbonyl (C=O) groups is 1. The van der Waals surface area contributed by atoms with Gasteiger partial charge in [-0.2, -0.15) is 0 Å². The van der Waals surface area contributed by atoms with Gasteiger partial charge in [0.2, 0.25) is 0 Å². The summed E-state index contributed by atoms with van der Waals surface area (Å²) in [6.45, 7) is 9.90. The Balaban J connectivity index is 0.00000300. The van der Waals surface area contributed by atoms with E-state index in [1.807, 2.05) is 30.0 Å². The summed E-state index contributed by atoms with van der Waals surface area (Å²) in [4.78, 5) is 22.3. The fourth-order valence-corrected chi connectivity index (χ4v) is 4.24. The van der Waals surface area contributed by atoms with E-state index in [0.717, 1.165) is 39.4 Å². The number of amides is 1. The average molecular weight is 432 g/mol. The Morgan fingerprint density at radius 3 is 2.31 bits per heavy atom. The topological polar surface area (TPSA) is 36.4 Å². The monoisotopic (exact) mass is 431 g/mol. The van der Waals surface area contributed by atoms with Crippen LogP contribution in [0.5, 0.6) is 0 Å². The number of aromatic nitrogens is 1. The SMILES string of the molecule is Cc1ccc(C(=O)N(CCCN(C)C)c2nc3c(C)c(C)ccc3s2)cc1C.Cl. The van der Waals surface area contributed by atoms with Gasteiger partial charge in [-0.25, -0.2) is 4.98 Å². The molecule has 0 saturated heterocycles. The molecule has 0 aliphatic rings. The van der Waals surface area contributed by atoms with Gasteiger partial charge >= 0.3 is 0 Å². The highest BCUT2D eigenvalue weighted by atomic mass is 35.5. The molecule has 29 heavy (non-hydrogen) atoms. The van der Waals surface area contributed by atoms with Crippen LogP contribution >= 0.6 is 23.7 Å². The van der Waals surface area contributed by atoms with E-state index >= 15 is 0 Å². The average Bonchev–Trinajstić information content (AvgIpc) is 3.08. The van der Waals surface area contributed by atoms with Crippen molar-refractivity contribution in [2.75, 3.05) is 32.1 Å². The van der Waals surface area contributed by atoms with Crippen LogP contribution in [0.3, 0.4) is 0 Å². The Labute approximate surface area is 184 Å². The first-order valence-electron chi connectivity index (χ1n) is 9.68. The molecule has 0 aliphatic heterocycles. The molecular formula is C23H30ClN3OS. The number of hydrogen-bond acceptors (Lipinski definition) is 4. The number of benzene rings is 2. The van der Waals surface area contributed by atoms with E-state index in [2.05, 4.69) is 51.9 Å². The maximum atomic E-state index is 13.4. The number of fused-ring (bicyclic) bond motifs is 1. The first kappa shape index (κ1) is 23.3. The van der Waals surface area contributed by atoms with Crippen LogP contribution in [0.25, 0.3) is 10.2 Å². The first-order chi connectivity index (χ1) is 13.3. The van der Waals surface area contributed by atoms with Gasteiger partial charge in [0, 0.05) is 12.1 Å². The third kappa shape index (κ3) is 5.16. The summed E-state index contributed by atoms with van der Waals surface area (Å²) < 4.78 is 1.13. The standard InChI is InChI=1S/C23H29N3OS.ClH/c1-15-8-10-19(14-17(15)3)22(27)26(13-7-12-25(5)6)23-24-21-18(4)16(2)9-11-20(21)28-23;/h8-11,14H,7,12-13H2,1-6H3;1H. The molecule has 0 spiro atoms. The maximum Gasteiger partial charge on any atom is 0.260 e. The van der Waals surface area contributed by atoms with E-state index in [4.69, 9.17) is 4.98 Å². The van der Waals surface area contributed by atoms with E-state index < -0.39 is 0 Å². The quantitative estimate of drug-likeness (QED) is 0.513. The predicted molar refractivity (Wildman–Crippen MR) is 127 cm³/mol. The van der Waals surface area contributed by atoms with Crippen molar-refractivity contribution in [1.29, 1.82) is 0 Å². The van der Waals surface area contributed by atoms with E-state index in [0.29, 0.717) is 6.54 Å². The van der Waals surface area contributed by atoms with Gasteiger partial charge in [-0.1, -0.05) is 23.5 Å². The second-order valence-corrected chi connectivity index (χ2v) is 8.77. The molecule has 0 atom stereocenters. The number of halogens is 1. The van der Waals surface area contributed by atoms with Gasteiger partial charge in [-0.15, -0.1) is 12.4 Å². The van der Waals surface area contributed by atoms with Crippen LogP contribution in [0.15, 0.2) is 30.3 Å². The van der Waals surface area contributed by atoms with Crippen LogP contribution in [0.2, 0.25) is 0 Å². The number of thiazole rings is 1. The molecule has 1 amide bonds. The number of nitrogens with zero attached hydrogens (tertiary/aromatic N) is 3. The number of carbonyl (C=O) groups excluding carboxylic acids is 1. The van der Waals surface area contributed by atoms with Crippen molar-refractivity contribution in [2.24, 2.45) is 0 Å². The number of aryl methyl sites for hydroxylation is 4. The zero-order chi connectivity index (χ0) is 20.4. The molecule has 0 aliphatic carbocycles. The Kier molecular flexibility index (Phi) is 7.80. The summed E-state index contributed by atoms with van der Waals surface area (Å²) in [7, 11) is 4.11. The molecule has 0 bridgehead atoms. The van der Waals surface area contributed by atoms with Crippen molar-refractivity contribution >= 4 is 45.0 Å². The molecule has 156 valence electrons. The van der Waals surface area contributed by atoms with Crippen molar-refractivity contribution in [2.45, 2.75) is 34.1 Å². The van der Waals surface area contributed by atoms with Gasteiger partial charge in [0.1, 0.15) is 0 Å². The maximum absolute atomic E-state index is 13.4. The molecule has 3 aromatic rings. The van der Waals surface area contributed by atoms with E-state index in [-0.39, 0.29) is 18.3 Å². The molecule has 0 N–H and O–H groups in total. The van der Waals surface area contributed by atoms with Crippen molar-refractivity contribution in [1.82, 2.24) is 9.88 Å². The molecule has 2 aromatic carbocycles. The Hall–Kier alpha value is -1.95. The Bertz CT molecular complexity index is 1010. The van der Waals surface area contributed by atoms with Crippen LogP contribution in [-0.2, 0) is 0 Å². The zero-order valence-corrected chi connectivity index (χ0v) is 19.7. The van der Waals surface area contributed by atoms with Gasteiger partial charge in [0.25, 0.3) is 5.91 Å². The normalized spacial score (nSPS) is 11.0. The summed E-state index contributed by atoms with van der Waals surface area (Å²) >= 11 is 1.60. The molecule has 0 saturated carbocycles. The predicted octanol–water partition coefficient (Wildman–Crippen LogP) is 5.55. The molecule has 0 unspecified atom stereocenters. The van der Waals surface area contributed by atoms with Crippen LogP contribution in [0.1, 0.15) is 39.0 Å². The molecule has 1 heterocycles. The van der Waals surface area contributed by atoms with E-state index in [1.165, 1.54) is 16.7 Å². The van der Waals surface area contributed by atoms with E-state index in [1.54, 1.807) is 11.3 Å². The van der Waals surface area contributed by atoms with Gasteiger partial charge < -0.3 is 4.90 Å². The van der Waals surface area contributed by atoms with E-state index in [9.17, 15) is 4.79 Å². The molecule has 0 fully saturated rings. The van der Waals surface area contributed by atoms with Crippen LogP contribution < -0.4 is 4.90 Å². The molecule has 0 radical (unpaired) electrons. The zero-order valence-electron chi connectivity index (χ0n) is 18.1. The molecular weight excluding hydrogens is 402 g/mol. The Morgan fingerprint density at radius 2 is 1.66 bits per heavy atom.